The van der Waals surface area contributed by atoms with Crippen molar-refractivity contribution in [2.24, 2.45) is 0 Å². The molecule has 0 bridgehead atoms. The predicted molar refractivity (Wildman–Crippen MR) is 112 cm³/mol. The highest BCUT2D eigenvalue weighted by molar-refractivity contribution is 5.97. The standard InChI is InChI=1S/C21H22N2O8/c1-13(21(25)22-16-12-15(23(26)27)7-9-17(16)28-2)31-20(24)10-6-14-5-8-18(29-3)19(11-14)30-4/h5-13H,1-4H3,(H,22,25)/b10-6+/t13-/m0/s1. The van der Waals surface area contributed by atoms with Crippen molar-refractivity contribution in [3.05, 3.63) is 58.2 Å². The number of nitro benzene ring substituents is 1. The van der Waals surface area contributed by atoms with E-state index in [-0.39, 0.29) is 17.1 Å². The van der Waals surface area contributed by atoms with Crippen molar-refractivity contribution in [3.63, 3.8) is 0 Å². The van der Waals surface area contributed by atoms with Crippen LogP contribution in [0.25, 0.3) is 6.08 Å². The molecule has 0 aliphatic heterocycles. The normalized spacial score (nSPS) is 11.5. The molecule has 0 spiro atoms. The van der Waals surface area contributed by atoms with Crippen LogP contribution in [0.5, 0.6) is 17.2 Å². The fourth-order valence-corrected chi connectivity index (χ4v) is 2.53. The molecule has 2 aromatic carbocycles. The second-order valence-corrected chi connectivity index (χ2v) is 6.16. The Hall–Kier alpha value is -4.08. The fraction of sp³-hybridized carbons (Fsp3) is 0.238. The molecule has 31 heavy (non-hydrogen) atoms. The molecule has 2 rings (SSSR count). The van der Waals surface area contributed by atoms with E-state index in [1.807, 2.05) is 0 Å². The number of nitrogens with one attached hydrogen (secondary N) is 1. The number of ether oxygens (including phenoxy) is 4. The highest BCUT2D eigenvalue weighted by atomic mass is 16.6. The summed E-state index contributed by atoms with van der Waals surface area (Å²) in [6.07, 6.45) is 1.50. The number of anilines is 1. The van der Waals surface area contributed by atoms with Crippen molar-refractivity contribution in [1.82, 2.24) is 0 Å². The van der Waals surface area contributed by atoms with E-state index in [2.05, 4.69) is 5.32 Å². The van der Waals surface area contributed by atoms with Crippen LogP contribution in [0.2, 0.25) is 0 Å². The summed E-state index contributed by atoms with van der Waals surface area (Å²) >= 11 is 0. The largest absolute Gasteiger partial charge is 0.495 e. The summed E-state index contributed by atoms with van der Waals surface area (Å²) in [5.41, 5.74) is 0.525. The fourth-order valence-electron chi connectivity index (χ4n) is 2.53. The number of carbonyl (C=O) groups is 2. The number of non-ortho nitro benzene ring substituents is 1. The monoisotopic (exact) mass is 430 g/mol. The second kappa shape index (κ2) is 10.6. The minimum Gasteiger partial charge on any atom is -0.495 e. The third-order valence-electron chi connectivity index (χ3n) is 4.13. The molecule has 0 unspecified atom stereocenters. The lowest BCUT2D eigenvalue weighted by molar-refractivity contribution is -0.384. The molecule has 0 saturated heterocycles. The molecule has 164 valence electrons. The first-order valence-corrected chi connectivity index (χ1v) is 9.03. The van der Waals surface area contributed by atoms with Gasteiger partial charge in [-0.15, -0.1) is 0 Å². The summed E-state index contributed by atoms with van der Waals surface area (Å²) in [4.78, 5) is 34.8. The van der Waals surface area contributed by atoms with Gasteiger partial charge in [0.15, 0.2) is 17.6 Å². The molecule has 0 aliphatic rings. The Bertz CT molecular complexity index is 1000. The van der Waals surface area contributed by atoms with E-state index < -0.39 is 22.9 Å². The van der Waals surface area contributed by atoms with Crippen molar-refractivity contribution in [2.75, 3.05) is 26.6 Å². The molecule has 1 amide bonds. The smallest absolute Gasteiger partial charge is 0.331 e. The van der Waals surface area contributed by atoms with E-state index in [1.54, 1.807) is 18.2 Å². The lowest BCUT2D eigenvalue weighted by Gasteiger charge is -2.14. The number of amides is 1. The number of hydrogen-bond acceptors (Lipinski definition) is 8. The van der Waals surface area contributed by atoms with Crippen molar-refractivity contribution in [2.45, 2.75) is 13.0 Å². The van der Waals surface area contributed by atoms with Gasteiger partial charge in [-0.3, -0.25) is 14.9 Å². The molecule has 10 heteroatoms. The number of carbonyl (C=O) groups excluding carboxylic acids is 2. The molecule has 0 fully saturated rings. The lowest BCUT2D eigenvalue weighted by Crippen LogP contribution is -2.29. The molecule has 0 aliphatic carbocycles. The third kappa shape index (κ3) is 6.20. The van der Waals surface area contributed by atoms with E-state index in [0.29, 0.717) is 17.1 Å². The Labute approximate surface area is 178 Å². The maximum absolute atomic E-state index is 12.4. The van der Waals surface area contributed by atoms with Crippen LogP contribution in [-0.4, -0.2) is 44.2 Å². The summed E-state index contributed by atoms with van der Waals surface area (Å²) in [6, 6.07) is 8.84. The maximum atomic E-state index is 12.4. The summed E-state index contributed by atoms with van der Waals surface area (Å²) in [5.74, 6) is -0.151. The number of nitro groups is 1. The van der Waals surface area contributed by atoms with Crippen LogP contribution in [-0.2, 0) is 14.3 Å². The van der Waals surface area contributed by atoms with Crippen LogP contribution in [0.1, 0.15) is 12.5 Å². The van der Waals surface area contributed by atoms with E-state index in [1.165, 1.54) is 52.5 Å². The van der Waals surface area contributed by atoms with Crippen LogP contribution in [0, 0.1) is 10.1 Å². The first-order valence-electron chi connectivity index (χ1n) is 9.03. The number of benzene rings is 2. The van der Waals surface area contributed by atoms with Crippen LogP contribution in [0.4, 0.5) is 11.4 Å². The number of methoxy groups -OCH3 is 3. The Morgan fingerprint density at radius 3 is 2.26 bits per heavy atom. The highest BCUT2D eigenvalue weighted by Crippen LogP contribution is 2.29. The Morgan fingerprint density at radius 1 is 1.00 bits per heavy atom. The van der Waals surface area contributed by atoms with Gasteiger partial charge in [0.1, 0.15) is 5.75 Å². The number of hydrogen-bond donors (Lipinski definition) is 1. The van der Waals surface area contributed by atoms with E-state index in [9.17, 15) is 19.7 Å². The van der Waals surface area contributed by atoms with Gasteiger partial charge in [-0.25, -0.2) is 4.79 Å². The van der Waals surface area contributed by atoms with Gasteiger partial charge in [0.05, 0.1) is 31.9 Å². The first-order chi connectivity index (χ1) is 14.8. The predicted octanol–water partition coefficient (Wildman–Crippen LogP) is 3.20. The highest BCUT2D eigenvalue weighted by Gasteiger charge is 2.20. The lowest BCUT2D eigenvalue weighted by atomic mass is 10.2. The van der Waals surface area contributed by atoms with Gasteiger partial charge in [-0.1, -0.05) is 6.07 Å². The number of nitrogens with zero attached hydrogens (tertiary/aromatic N) is 1. The van der Waals surface area contributed by atoms with Crippen LogP contribution >= 0.6 is 0 Å². The molecule has 0 heterocycles. The third-order valence-corrected chi connectivity index (χ3v) is 4.13. The summed E-state index contributed by atoms with van der Waals surface area (Å²) < 4.78 is 20.5. The van der Waals surface area contributed by atoms with Crippen molar-refractivity contribution < 1.29 is 33.5 Å². The summed E-state index contributed by atoms with van der Waals surface area (Å²) in [6.45, 7) is 1.38. The van der Waals surface area contributed by atoms with Crippen LogP contribution in [0.15, 0.2) is 42.5 Å². The molecular weight excluding hydrogens is 408 g/mol. The molecule has 1 atom stereocenters. The van der Waals surface area contributed by atoms with Gasteiger partial charge in [0, 0.05) is 18.2 Å². The number of rotatable bonds is 9. The summed E-state index contributed by atoms with van der Waals surface area (Å²) in [5, 5.41) is 13.4. The first kappa shape index (κ1) is 23.2. The molecule has 2 aromatic rings. The SMILES string of the molecule is COc1ccc([N+](=O)[O-])cc1NC(=O)[C@H](C)OC(=O)/C=C/c1ccc(OC)c(OC)c1. The minimum atomic E-state index is -1.16. The van der Waals surface area contributed by atoms with Gasteiger partial charge >= 0.3 is 5.97 Å². The quantitative estimate of drug-likeness (QED) is 0.278. The van der Waals surface area contributed by atoms with Crippen molar-refractivity contribution in [1.29, 1.82) is 0 Å². The van der Waals surface area contributed by atoms with Crippen LogP contribution in [0.3, 0.4) is 0 Å². The Balaban J connectivity index is 2.03. The average Bonchev–Trinajstić information content (AvgIpc) is 2.77. The topological polar surface area (TPSA) is 126 Å². The van der Waals surface area contributed by atoms with Gasteiger partial charge in [0.25, 0.3) is 11.6 Å². The second-order valence-electron chi connectivity index (χ2n) is 6.16. The van der Waals surface area contributed by atoms with Crippen LogP contribution < -0.4 is 19.5 Å². The van der Waals surface area contributed by atoms with Crippen molar-refractivity contribution >= 4 is 29.3 Å². The van der Waals surface area contributed by atoms with Gasteiger partial charge in [-0.2, -0.15) is 0 Å². The Morgan fingerprint density at radius 2 is 1.65 bits per heavy atom. The molecule has 10 nitrogen and oxygen atoms in total. The van der Waals surface area contributed by atoms with E-state index in [0.717, 1.165) is 6.07 Å². The van der Waals surface area contributed by atoms with E-state index >= 15 is 0 Å². The Kier molecular flexibility index (Phi) is 7.95. The van der Waals surface area contributed by atoms with Gasteiger partial charge < -0.3 is 24.3 Å². The molecule has 0 radical (unpaired) electrons. The zero-order valence-corrected chi connectivity index (χ0v) is 17.4. The minimum absolute atomic E-state index is 0.0884. The average molecular weight is 430 g/mol. The number of esters is 1. The van der Waals surface area contributed by atoms with E-state index in [4.69, 9.17) is 18.9 Å². The molecule has 1 N–H and O–H groups in total. The van der Waals surface area contributed by atoms with Crippen molar-refractivity contribution in [3.8, 4) is 17.2 Å². The molecule has 0 aromatic heterocycles. The molecule has 0 saturated carbocycles. The zero-order valence-electron chi connectivity index (χ0n) is 17.4. The zero-order chi connectivity index (χ0) is 23.0. The molecular formula is C21H22N2O8. The maximum Gasteiger partial charge on any atom is 0.331 e. The van der Waals surface area contributed by atoms with Gasteiger partial charge in [-0.05, 0) is 36.8 Å². The summed E-state index contributed by atoms with van der Waals surface area (Å²) in [7, 11) is 4.37. The van der Waals surface area contributed by atoms with Gasteiger partial charge in [0.2, 0.25) is 0 Å².